The van der Waals surface area contributed by atoms with Crippen LogP contribution in [0.4, 0.5) is 0 Å². The number of aliphatic carboxylic acids is 1. The van der Waals surface area contributed by atoms with Crippen molar-refractivity contribution in [3.05, 3.63) is 18.0 Å². The van der Waals surface area contributed by atoms with Gasteiger partial charge < -0.3 is 15.3 Å². The first-order chi connectivity index (χ1) is 7.90. The second-order valence-electron chi connectivity index (χ2n) is 4.02. The topological polar surface area (TPSA) is 87.5 Å². The molecule has 0 radical (unpaired) electrons. The summed E-state index contributed by atoms with van der Waals surface area (Å²) in [5.74, 6) is -1.45. The minimum absolute atomic E-state index is 0.143. The second-order valence-corrected chi connectivity index (χ2v) is 4.02. The Balaban J connectivity index is 2.74. The number of hydrogen-bond acceptors (Lipinski definition) is 4. The quantitative estimate of drug-likeness (QED) is 0.705. The van der Waals surface area contributed by atoms with Gasteiger partial charge in [-0.3, -0.25) is 9.48 Å². The maximum atomic E-state index is 11.5. The molecule has 7 nitrogen and oxygen atoms in total. The van der Waals surface area contributed by atoms with Crippen LogP contribution in [-0.2, 0) is 16.6 Å². The normalized spacial score (nSPS) is 12.5. The lowest BCUT2D eigenvalue weighted by Gasteiger charge is -2.15. The van der Waals surface area contributed by atoms with E-state index in [0.717, 1.165) is 0 Å². The summed E-state index contributed by atoms with van der Waals surface area (Å²) in [6.07, 6.45) is 2.99. The van der Waals surface area contributed by atoms with Crippen molar-refractivity contribution in [1.29, 1.82) is 0 Å². The molecule has 1 aromatic rings. The molecule has 0 aliphatic carbocycles. The first-order valence-electron chi connectivity index (χ1n) is 5.05. The number of carbonyl (C=O) groups is 2. The minimum Gasteiger partial charge on any atom is -0.479 e. The van der Waals surface area contributed by atoms with Crippen molar-refractivity contribution in [2.75, 3.05) is 20.6 Å². The summed E-state index contributed by atoms with van der Waals surface area (Å²) in [4.78, 5) is 24.2. The predicted molar refractivity (Wildman–Crippen MR) is 60.3 cm³/mol. The lowest BCUT2D eigenvalue weighted by atomic mass is 10.1. The van der Waals surface area contributed by atoms with Gasteiger partial charge in [0.05, 0.1) is 12.7 Å². The summed E-state index contributed by atoms with van der Waals surface area (Å²) in [7, 11) is 5.16. The van der Waals surface area contributed by atoms with E-state index in [4.69, 9.17) is 5.11 Å². The Hall–Kier alpha value is -1.89. The van der Waals surface area contributed by atoms with Crippen molar-refractivity contribution in [1.82, 2.24) is 20.0 Å². The van der Waals surface area contributed by atoms with Gasteiger partial charge in [-0.15, -0.1) is 0 Å². The molecular formula is C10H16N4O3. The smallest absolute Gasteiger partial charge is 0.331 e. The molecule has 1 rings (SSSR count). The first kappa shape index (κ1) is 13.2. The lowest BCUT2D eigenvalue weighted by Crippen LogP contribution is -2.38. The van der Waals surface area contributed by atoms with E-state index in [1.165, 1.54) is 10.9 Å². The van der Waals surface area contributed by atoms with Crippen LogP contribution in [0.5, 0.6) is 0 Å². The van der Waals surface area contributed by atoms with E-state index >= 15 is 0 Å². The third kappa shape index (κ3) is 3.87. The highest BCUT2D eigenvalue weighted by molar-refractivity contribution is 5.85. The van der Waals surface area contributed by atoms with Gasteiger partial charge >= 0.3 is 5.97 Å². The molecule has 1 amide bonds. The average molecular weight is 240 g/mol. The van der Waals surface area contributed by atoms with Crippen molar-refractivity contribution < 1.29 is 14.7 Å². The van der Waals surface area contributed by atoms with Gasteiger partial charge in [-0.2, -0.15) is 5.10 Å². The Labute approximate surface area is 99.0 Å². The predicted octanol–water partition coefficient (Wildman–Crippen LogP) is -0.776. The van der Waals surface area contributed by atoms with Crippen LogP contribution < -0.4 is 5.32 Å². The van der Waals surface area contributed by atoms with Crippen LogP contribution in [0, 0.1) is 0 Å². The van der Waals surface area contributed by atoms with E-state index in [9.17, 15) is 9.59 Å². The molecule has 0 saturated heterocycles. The van der Waals surface area contributed by atoms with Gasteiger partial charge in [0.25, 0.3) is 0 Å². The van der Waals surface area contributed by atoms with Crippen molar-refractivity contribution >= 4 is 11.9 Å². The molecule has 0 aliphatic heterocycles. The fourth-order valence-corrected chi connectivity index (χ4v) is 1.37. The standard InChI is InChI=1S/C10H16N4O3/c1-13(2)6-8(15)12-9(10(16)17)7-4-11-14(3)5-7/h4-5,9H,6H2,1-3H3,(H,12,15)(H,16,17). The zero-order valence-corrected chi connectivity index (χ0v) is 10.0. The molecular weight excluding hydrogens is 224 g/mol. The number of hydrogen-bond donors (Lipinski definition) is 2. The Morgan fingerprint density at radius 1 is 1.59 bits per heavy atom. The van der Waals surface area contributed by atoms with E-state index in [0.29, 0.717) is 5.56 Å². The van der Waals surface area contributed by atoms with E-state index in [2.05, 4.69) is 10.4 Å². The minimum atomic E-state index is -1.11. The van der Waals surface area contributed by atoms with E-state index in [1.807, 2.05) is 0 Å². The number of likely N-dealkylation sites (N-methyl/N-ethyl adjacent to an activating group) is 1. The van der Waals surface area contributed by atoms with Gasteiger partial charge in [0.2, 0.25) is 5.91 Å². The molecule has 2 N–H and O–H groups in total. The van der Waals surface area contributed by atoms with Gasteiger partial charge in [-0.1, -0.05) is 0 Å². The number of rotatable bonds is 5. The van der Waals surface area contributed by atoms with Crippen LogP contribution in [0.25, 0.3) is 0 Å². The summed E-state index contributed by atoms with van der Waals surface area (Å²) in [6, 6.07) is -1.06. The molecule has 1 unspecified atom stereocenters. The van der Waals surface area contributed by atoms with Crippen LogP contribution in [0.2, 0.25) is 0 Å². The number of aromatic nitrogens is 2. The molecule has 17 heavy (non-hydrogen) atoms. The first-order valence-corrected chi connectivity index (χ1v) is 5.05. The maximum Gasteiger partial charge on any atom is 0.331 e. The Bertz CT molecular complexity index is 413. The number of nitrogens with zero attached hydrogens (tertiary/aromatic N) is 3. The lowest BCUT2D eigenvalue weighted by molar-refractivity contribution is -0.142. The highest BCUT2D eigenvalue weighted by Crippen LogP contribution is 2.11. The van der Waals surface area contributed by atoms with E-state index in [-0.39, 0.29) is 12.5 Å². The number of carboxylic acids is 1. The van der Waals surface area contributed by atoms with Crippen LogP contribution in [0.3, 0.4) is 0 Å². The largest absolute Gasteiger partial charge is 0.479 e. The van der Waals surface area contributed by atoms with Crippen molar-refractivity contribution in [3.8, 4) is 0 Å². The van der Waals surface area contributed by atoms with Crippen LogP contribution in [-0.4, -0.2) is 52.3 Å². The number of nitrogens with one attached hydrogen (secondary N) is 1. The van der Waals surface area contributed by atoms with E-state index < -0.39 is 12.0 Å². The van der Waals surface area contributed by atoms with Crippen LogP contribution in [0.15, 0.2) is 12.4 Å². The summed E-state index contributed by atoms with van der Waals surface area (Å²) in [5.41, 5.74) is 0.451. The molecule has 0 aromatic carbocycles. The molecule has 0 aliphatic rings. The fraction of sp³-hybridized carbons (Fsp3) is 0.500. The number of amides is 1. The highest BCUT2D eigenvalue weighted by atomic mass is 16.4. The van der Waals surface area contributed by atoms with E-state index in [1.54, 1.807) is 32.2 Å². The number of carboxylic acid groups (broad SMARTS) is 1. The Kier molecular flexibility index (Phi) is 4.22. The molecule has 0 spiro atoms. The summed E-state index contributed by atoms with van der Waals surface area (Å²) in [5, 5.41) is 15.4. The Morgan fingerprint density at radius 2 is 2.24 bits per heavy atom. The van der Waals surface area contributed by atoms with Gasteiger partial charge in [0.15, 0.2) is 6.04 Å². The SMILES string of the molecule is CN(C)CC(=O)NC(C(=O)O)c1cnn(C)c1. The summed E-state index contributed by atoms with van der Waals surface area (Å²) in [6.45, 7) is 0.143. The third-order valence-corrected chi connectivity index (χ3v) is 2.07. The van der Waals surface area contributed by atoms with Gasteiger partial charge in [-0.25, -0.2) is 4.79 Å². The molecule has 94 valence electrons. The molecule has 0 bridgehead atoms. The summed E-state index contributed by atoms with van der Waals surface area (Å²) >= 11 is 0. The Morgan fingerprint density at radius 3 is 2.65 bits per heavy atom. The molecule has 0 saturated carbocycles. The van der Waals surface area contributed by atoms with Gasteiger partial charge in [0, 0.05) is 18.8 Å². The maximum absolute atomic E-state index is 11.5. The van der Waals surface area contributed by atoms with Gasteiger partial charge in [0.1, 0.15) is 0 Å². The number of aryl methyl sites for hydroxylation is 1. The second kappa shape index (κ2) is 5.44. The fourth-order valence-electron chi connectivity index (χ4n) is 1.37. The zero-order chi connectivity index (χ0) is 13.0. The summed E-state index contributed by atoms with van der Waals surface area (Å²) < 4.78 is 1.49. The van der Waals surface area contributed by atoms with Crippen LogP contribution in [0.1, 0.15) is 11.6 Å². The molecule has 0 fully saturated rings. The van der Waals surface area contributed by atoms with Crippen LogP contribution >= 0.6 is 0 Å². The highest BCUT2D eigenvalue weighted by Gasteiger charge is 2.23. The van der Waals surface area contributed by atoms with Crippen molar-refractivity contribution in [3.63, 3.8) is 0 Å². The molecule has 1 heterocycles. The number of carbonyl (C=O) groups excluding carboxylic acids is 1. The molecule has 1 atom stereocenters. The zero-order valence-electron chi connectivity index (χ0n) is 10.0. The molecule has 7 heteroatoms. The van der Waals surface area contributed by atoms with Crippen molar-refractivity contribution in [2.45, 2.75) is 6.04 Å². The third-order valence-electron chi connectivity index (χ3n) is 2.07. The monoisotopic (exact) mass is 240 g/mol. The molecule has 1 aromatic heterocycles. The van der Waals surface area contributed by atoms with Crippen molar-refractivity contribution in [2.24, 2.45) is 7.05 Å². The van der Waals surface area contributed by atoms with Gasteiger partial charge in [-0.05, 0) is 14.1 Å². The average Bonchev–Trinajstić information content (AvgIpc) is 2.59.